The summed E-state index contributed by atoms with van der Waals surface area (Å²) < 4.78 is 37.8. The Morgan fingerprint density at radius 2 is 1.94 bits per heavy atom. The van der Waals surface area contributed by atoms with Gasteiger partial charge in [-0.25, -0.2) is 0 Å². The fourth-order valence-corrected chi connectivity index (χ4v) is 1.79. The predicted octanol–water partition coefficient (Wildman–Crippen LogP) is 3.65. The third-order valence-corrected chi connectivity index (χ3v) is 2.88. The van der Waals surface area contributed by atoms with Gasteiger partial charge in [0.2, 0.25) is 0 Å². The van der Waals surface area contributed by atoms with Crippen molar-refractivity contribution in [2.75, 3.05) is 18.5 Å². The lowest BCUT2D eigenvalue weighted by Gasteiger charge is -2.12. The summed E-state index contributed by atoms with van der Waals surface area (Å²) in [6, 6.07) is 4.03. The Labute approximate surface area is 106 Å². The molecular weight excluding hydrogens is 299 g/mol. The second-order valence-electron chi connectivity index (χ2n) is 3.55. The standard InChI is InChI=1S/C11H13BrF3NO/c12-10-4-3-8(16-5-1-2-6-17)7-9(10)11(13,14)15/h3-4,7,16-17H,1-2,5-6H2. The Hall–Kier alpha value is -0.750. The normalized spacial score (nSPS) is 11.6. The lowest BCUT2D eigenvalue weighted by Crippen LogP contribution is -2.08. The van der Waals surface area contributed by atoms with Crippen molar-refractivity contribution in [3.63, 3.8) is 0 Å². The molecule has 96 valence electrons. The van der Waals surface area contributed by atoms with Gasteiger partial charge in [0.15, 0.2) is 0 Å². The molecular formula is C11H13BrF3NO. The van der Waals surface area contributed by atoms with Gasteiger partial charge in [0.25, 0.3) is 0 Å². The number of alkyl halides is 3. The van der Waals surface area contributed by atoms with Crippen LogP contribution < -0.4 is 5.32 Å². The van der Waals surface area contributed by atoms with Crippen LogP contribution in [0.2, 0.25) is 0 Å². The zero-order valence-electron chi connectivity index (χ0n) is 9.02. The highest BCUT2D eigenvalue weighted by Gasteiger charge is 2.33. The largest absolute Gasteiger partial charge is 0.417 e. The lowest BCUT2D eigenvalue weighted by molar-refractivity contribution is -0.138. The predicted molar refractivity (Wildman–Crippen MR) is 64.0 cm³/mol. The first-order valence-corrected chi connectivity index (χ1v) is 5.96. The molecule has 0 unspecified atom stereocenters. The molecule has 0 fully saturated rings. The van der Waals surface area contributed by atoms with E-state index in [1.54, 1.807) is 6.07 Å². The van der Waals surface area contributed by atoms with E-state index in [9.17, 15) is 13.2 Å². The van der Waals surface area contributed by atoms with E-state index in [0.717, 1.165) is 6.07 Å². The fraction of sp³-hybridized carbons (Fsp3) is 0.455. The Bertz CT molecular complexity index is 368. The Kier molecular flexibility index (Phi) is 5.27. The van der Waals surface area contributed by atoms with Crippen molar-refractivity contribution in [3.05, 3.63) is 28.2 Å². The average Bonchev–Trinajstić information content (AvgIpc) is 2.25. The second-order valence-corrected chi connectivity index (χ2v) is 4.40. The summed E-state index contributed by atoms with van der Waals surface area (Å²) in [6.07, 6.45) is -3.01. The number of hydrogen-bond donors (Lipinski definition) is 2. The van der Waals surface area contributed by atoms with E-state index in [2.05, 4.69) is 21.2 Å². The zero-order valence-corrected chi connectivity index (χ0v) is 10.6. The number of unbranched alkanes of at least 4 members (excludes halogenated alkanes) is 1. The molecule has 0 aromatic heterocycles. The van der Waals surface area contributed by atoms with Crippen LogP contribution in [-0.2, 0) is 6.18 Å². The van der Waals surface area contributed by atoms with Gasteiger partial charge in [-0.3, -0.25) is 0 Å². The van der Waals surface area contributed by atoms with Gasteiger partial charge in [-0.1, -0.05) is 15.9 Å². The van der Waals surface area contributed by atoms with Gasteiger partial charge in [-0.2, -0.15) is 13.2 Å². The minimum Gasteiger partial charge on any atom is -0.396 e. The highest BCUT2D eigenvalue weighted by atomic mass is 79.9. The Morgan fingerprint density at radius 3 is 2.53 bits per heavy atom. The topological polar surface area (TPSA) is 32.3 Å². The molecule has 0 aliphatic carbocycles. The molecule has 0 heterocycles. The summed E-state index contributed by atoms with van der Waals surface area (Å²) in [4.78, 5) is 0. The zero-order chi connectivity index (χ0) is 12.9. The fourth-order valence-electron chi connectivity index (χ4n) is 1.32. The molecule has 2 nitrogen and oxygen atoms in total. The van der Waals surface area contributed by atoms with Gasteiger partial charge in [0.1, 0.15) is 0 Å². The first-order chi connectivity index (χ1) is 7.95. The Balaban J connectivity index is 2.69. The van der Waals surface area contributed by atoms with Crippen molar-refractivity contribution in [2.45, 2.75) is 19.0 Å². The van der Waals surface area contributed by atoms with Gasteiger partial charge < -0.3 is 10.4 Å². The molecule has 0 aliphatic heterocycles. The quantitative estimate of drug-likeness (QED) is 0.814. The summed E-state index contributed by atoms with van der Waals surface area (Å²) in [6.45, 7) is 0.634. The molecule has 0 saturated carbocycles. The number of rotatable bonds is 5. The van der Waals surface area contributed by atoms with Crippen LogP contribution in [0, 0.1) is 0 Å². The van der Waals surface area contributed by atoms with E-state index >= 15 is 0 Å². The van der Waals surface area contributed by atoms with Crippen LogP contribution in [0.25, 0.3) is 0 Å². The number of hydrogen-bond acceptors (Lipinski definition) is 2. The smallest absolute Gasteiger partial charge is 0.396 e. The highest BCUT2D eigenvalue weighted by Crippen LogP contribution is 2.36. The van der Waals surface area contributed by atoms with Crippen LogP contribution in [0.4, 0.5) is 18.9 Å². The minimum atomic E-state index is -4.36. The lowest BCUT2D eigenvalue weighted by atomic mass is 10.2. The average molecular weight is 312 g/mol. The van der Waals surface area contributed by atoms with Crippen molar-refractivity contribution in [1.82, 2.24) is 0 Å². The summed E-state index contributed by atoms with van der Waals surface area (Å²) in [5.41, 5.74) is -0.261. The summed E-state index contributed by atoms with van der Waals surface area (Å²) in [5, 5.41) is 11.5. The number of anilines is 1. The maximum Gasteiger partial charge on any atom is 0.417 e. The van der Waals surface area contributed by atoms with Crippen LogP contribution in [0.1, 0.15) is 18.4 Å². The molecule has 1 aromatic carbocycles. The molecule has 0 amide bonds. The number of halogens is 4. The van der Waals surface area contributed by atoms with Crippen molar-refractivity contribution in [3.8, 4) is 0 Å². The van der Waals surface area contributed by atoms with Crippen molar-refractivity contribution in [1.29, 1.82) is 0 Å². The molecule has 0 aliphatic rings. The van der Waals surface area contributed by atoms with Gasteiger partial charge in [0, 0.05) is 23.3 Å². The van der Waals surface area contributed by atoms with Crippen molar-refractivity contribution >= 4 is 21.6 Å². The molecule has 0 atom stereocenters. The van der Waals surface area contributed by atoms with Crippen LogP contribution in [-0.4, -0.2) is 18.3 Å². The maximum atomic E-state index is 12.6. The van der Waals surface area contributed by atoms with Gasteiger partial charge in [-0.05, 0) is 31.0 Å². The van der Waals surface area contributed by atoms with E-state index in [0.29, 0.717) is 25.1 Å². The third-order valence-electron chi connectivity index (χ3n) is 2.19. The maximum absolute atomic E-state index is 12.6. The monoisotopic (exact) mass is 311 g/mol. The number of aliphatic hydroxyl groups is 1. The van der Waals surface area contributed by atoms with Crippen LogP contribution in [0.15, 0.2) is 22.7 Å². The molecule has 0 radical (unpaired) electrons. The number of aliphatic hydroxyl groups excluding tert-OH is 1. The van der Waals surface area contributed by atoms with Crippen LogP contribution >= 0.6 is 15.9 Å². The molecule has 0 saturated heterocycles. The first-order valence-electron chi connectivity index (χ1n) is 5.16. The van der Waals surface area contributed by atoms with E-state index in [-0.39, 0.29) is 11.1 Å². The van der Waals surface area contributed by atoms with Crippen molar-refractivity contribution < 1.29 is 18.3 Å². The number of nitrogens with one attached hydrogen (secondary N) is 1. The van der Waals surface area contributed by atoms with Gasteiger partial charge >= 0.3 is 6.18 Å². The van der Waals surface area contributed by atoms with Crippen LogP contribution in [0.3, 0.4) is 0 Å². The van der Waals surface area contributed by atoms with E-state index in [1.165, 1.54) is 6.07 Å². The summed E-state index contributed by atoms with van der Waals surface area (Å²) >= 11 is 2.88. The number of benzene rings is 1. The molecule has 1 rings (SSSR count). The summed E-state index contributed by atoms with van der Waals surface area (Å²) in [7, 11) is 0. The van der Waals surface area contributed by atoms with Gasteiger partial charge in [-0.15, -0.1) is 0 Å². The Morgan fingerprint density at radius 1 is 1.24 bits per heavy atom. The van der Waals surface area contributed by atoms with Gasteiger partial charge in [0.05, 0.1) is 5.56 Å². The molecule has 2 N–H and O–H groups in total. The van der Waals surface area contributed by atoms with E-state index < -0.39 is 11.7 Å². The van der Waals surface area contributed by atoms with Crippen molar-refractivity contribution in [2.24, 2.45) is 0 Å². The third kappa shape index (κ3) is 4.55. The molecule has 0 spiro atoms. The molecule has 17 heavy (non-hydrogen) atoms. The van der Waals surface area contributed by atoms with E-state index in [4.69, 9.17) is 5.11 Å². The second kappa shape index (κ2) is 6.26. The molecule has 1 aromatic rings. The molecule has 0 bridgehead atoms. The SMILES string of the molecule is OCCCCNc1ccc(Br)c(C(F)(F)F)c1. The highest BCUT2D eigenvalue weighted by molar-refractivity contribution is 9.10. The summed E-state index contributed by atoms with van der Waals surface area (Å²) in [5.74, 6) is 0. The minimum absolute atomic E-state index is 0.0332. The van der Waals surface area contributed by atoms with E-state index in [1.807, 2.05) is 0 Å². The van der Waals surface area contributed by atoms with Crippen LogP contribution in [0.5, 0.6) is 0 Å². The first kappa shape index (κ1) is 14.3. The molecule has 6 heteroatoms.